The first-order valence-corrected chi connectivity index (χ1v) is 19.8. The predicted molar refractivity (Wildman–Crippen MR) is 251 cm³/mol. The van der Waals surface area contributed by atoms with Crippen LogP contribution in [0, 0.1) is 43.5 Å². The molecule has 4 nitrogen and oxygen atoms in total. The van der Waals surface area contributed by atoms with Crippen LogP contribution >= 0.6 is 0 Å². The molecule has 0 saturated carbocycles. The van der Waals surface area contributed by atoms with Crippen LogP contribution in [0.2, 0.25) is 0 Å². The van der Waals surface area contributed by atoms with Gasteiger partial charge in [0, 0.05) is 64.1 Å². The van der Waals surface area contributed by atoms with Crippen molar-refractivity contribution in [2.24, 2.45) is 10.8 Å². The summed E-state index contributed by atoms with van der Waals surface area (Å²) in [7, 11) is 0. The summed E-state index contributed by atoms with van der Waals surface area (Å²) in [5.41, 5.74) is 3.33. The van der Waals surface area contributed by atoms with Crippen LogP contribution in [-0.2, 0) is 44.6 Å². The average Bonchev–Trinajstić information content (AvgIpc) is 3.71. The van der Waals surface area contributed by atoms with Crippen molar-refractivity contribution in [2.75, 3.05) is 0 Å². The third-order valence-electron chi connectivity index (χ3n) is 9.62. The third kappa shape index (κ3) is 11.4. The van der Waals surface area contributed by atoms with Crippen LogP contribution in [0.1, 0.15) is 115 Å². The zero-order valence-corrected chi connectivity index (χ0v) is 38.0. The number of nitrogens with zero attached hydrogens (tertiary/aromatic N) is 3. The van der Waals surface area contributed by atoms with Gasteiger partial charge in [0.1, 0.15) is 0 Å². The van der Waals surface area contributed by atoms with E-state index in [0.29, 0.717) is 44.3 Å². The first-order chi connectivity index (χ1) is 34.4. The molecule has 1 radical (unpaired) electrons. The quantitative estimate of drug-likeness (QED) is 0.142. The average molecular weight is 997 g/mol. The number of furan rings is 1. The van der Waals surface area contributed by atoms with E-state index in [1.54, 1.807) is 74.6 Å². The Morgan fingerprint density at radius 1 is 0.656 bits per heavy atom. The van der Waals surface area contributed by atoms with Crippen LogP contribution in [0.5, 0.6) is 0 Å². The molecule has 8 rings (SSSR count). The van der Waals surface area contributed by atoms with Crippen molar-refractivity contribution in [1.82, 2.24) is 15.0 Å². The molecule has 0 aliphatic carbocycles. The smallest absolute Gasteiger partial charge is 0.216 e. The van der Waals surface area contributed by atoms with Gasteiger partial charge in [-0.1, -0.05) is 134 Å². The molecule has 4 aromatic heterocycles. The van der Waals surface area contributed by atoms with Gasteiger partial charge in [-0.05, 0) is 118 Å². The van der Waals surface area contributed by atoms with E-state index >= 15 is 0 Å². The molecule has 8 aromatic rings. The van der Waals surface area contributed by atoms with Gasteiger partial charge >= 0.3 is 0 Å². The molecule has 0 spiro atoms. The molecule has 5 heteroatoms. The Hall–Kier alpha value is -5.22. The molecule has 4 aromatic carbocycles. The van der Waals surface area contributed by atoms with E-state index in [2.05, 4.69) is 27.1 Å². The molecule has 0 N–H and O–H groups in total. The molecule has 0 amide bonds. The standard InChI is InChI=1S/C33H35N2O.C23H24N.Ir/c1-21-20-34-29(28-10-8-9-26-27-16-11-22(2)35-31(27)36-30(26)28)17-24(21)19-33(6,7)25-14-12-23(13-15-25)18-32(3,4)5;1-17-5-9-20(10-6-17)22-15-21(13-14-24-22)19-11-7-18(8-12-19)16-23(2,3)4;/h8-9,11-17,20H,18-19H2,1-7H3;5-9,11-15H,16H2,1-4H3;/q2*-1;/i1D3,2D3,18D2,19D2;1D3,16D2;. The van der Waals surface area contributed by atoms with E-state index in [-0.39, 0.29) is 53.9 Å². The number of aryl methyl sites for hydroxylation is 3. The van der Waals surface area contributed by atoms with E-state index < -0.39 is 55.9 Å². The second-order valence-corrected chi connectivity index (χ2v) is 17.4. The van der Waals surface area contributed by atoms with Crippen molar-refractivity contribution < 1.29 is 45.1 Å². The van der Waals surface area contributed by atoms with Gasteiger partial charge in [0.2, 0.25) is 5.71 Å². The summed E-state index contributed by atoms with van der Waals surface area (Å²) in [6.07, 6.45) is -2.46. The number of fused-ring (bicyclic) bond motifs is 3. The summed E-state index contributed by atoms with van der Waals surface area (Å²) in [4.78, 5) is 13.0. The van der Waals surface area contributed by atoms with Crippen LogP contribution in [0.3, 0.4) is 0 Å². The Labute approximate surface area is 398 Å². The third-order valence-corrected chi connectivity index (χ3v) is 9.62. The summed E-state index contributed by atoms with van der Waals surface area (Å²) in [5.74, 6) is 0. The Kier molecular flexibility index (Phi) is 8.79. The van der Waals surface area contributed by atoms with Gasteiger partial charge in [0.25, 0.3) is 0 Å². The fourth-order valence-electron chi connectivity index (χ4n) is 6.84. The minimum absolute atomic E-state index is 0. The Morgan fingerprint density at radius 3 is 2.02 bits per heavy atom. The van der Waals surface area contributed by atoms with Crippen molar-refractivity contribution in [3.05, 3.63) is 173 Å². The maximum Gasteiger partial charge on any atom is 0.216 e. The first-order valence-electron chi connectivity index (χ1n) is 27.3. The van der Waals surface area contributed by atoms with Gasteiger partial charge < -0.3 is 14.4 Å². The van der Waals surface area contributed by atoms with E-state index in [1.165, 1.54) is 18.2 Å². The second kappa shape index (κ2) is 18.4. The SMILES string of the molecule is [2H]C([2H])([2H])c1c[c-]c(-c2cc(-c3ccc(C([2H])([2H])C(C)(C)C)cc3)ccn2)cc1.[2H]C([2H])([2H])c1ccc2c(n1)oc1c(-c3cc(C([2H])([2H])C(C)(C)c4ccc(C([2H])([2H])C(C)(C)C)cc4)c(C([2H])([2H])[2H])cn3)[c-]ccc12.[Ir]. The monoisotopic (exact) mass is 998 g/mol. The predicted octanol–water partition coefficient (Wildman–Crippen LogP) is 14.7. The molecule has 4 heterocycles. The van der Waals surface area contributed by atoms with Crippen LogP contribution < -0.4 is 0 Å². The topological polar surface area (TPSA) is 51.8 Å². The summed E-state index contributed by atoms with van der Waals surface area (Å²) in [6, 6.07) is 36.7. The molecule has 0 bridgehead atoms. The molecule has 0 aliphatic rings. The molecular weight excluding hydrogens is 923 g/mol. The fraction of sp³-hybridized carbons (Fsp3) is 0.304. The summed E-state index contributed by atoms with van der Waals surface area (Å²) in [5, 5.41) is 1.20. The number of rotatable bonds is 8. The number of pyridine rings is 3. The van der Waals surface area contributed by atoms with Crippen molar-refractivity contribution in [3.63, 3.8) is 0 Å². The second-order valence-electron chi connectivity index (χ2n) is 17.4. The van der Waals surface area contributed by atoms with E-state index in [0.717, 1.165) is 22.9 Å². The molecule has 0 atom stereocenters. The molecule has 0 fully saturated rings. The van der Waals surface area contributed by atoms with E-state index in [4.69, 9.17) is 22.2 Å². The first kappa shape index (κ1) is 29.1. The largest absolute Gasteiger partial charge is 0.486 e. The van der Waals surface area contributed by atoms with Gasteiger partial charge in [0.15, 0.2) is 0 Å². The molecular formula is C56H59IrN3O-2. The van der Waals surface area contributed by atoms with Crippen LogP contribution in [0.15, 0.2) is 126 Å². The Balaban J connectivity index is 0.000000269. The van der Waals surface area contributed by atoms with Gasteiger partial charge in [0.05, 0.1) is 5.58 Å². The number of aromatic nitrogens is 3. The summed E-state index contributed by atoms with van der Waals surface area (Å²) >= 11 is 0. The maximum absolute atomic E-state index is 9.41. The van der Waals surface area contributed by atoms with E-state index in [1.807, 2.05) is 77.9 Å². The number of hydrogen-bond acceptors (Lipinski definition) is 4. The van der Waals surface area contributed by atoms with Gasteiger partial charge in [-0.15, -0.1) is 53.6 Å². The van der Waals surface area contributed by atoms with Crippen molar-refractivity contribution in [2.45, 2.75) is 100 Å². The van der Waals surface area contributed by atoms with Crippen molar-refractivity contribution >= 4 is 22.1 Å². The van der Waals surface area contributed by atoms with E-state index in [9.17, 15) is 2.74 Å². The fourth-order valence-corrected chi connectivity index (χ4v) is 6.84. The van der Waals surface area contributed by atoms with Gasteiger partial charge in [-0.25, -0.2) is 4.98 Å². The Bertz CT molecular complexity index is 3350. The van der Waals surface area contributed by atoms with Crippen LogP contribution in [0.25, 0.3) is 55.7 Å². The minimum atomic E-state index is -2.68. The minimum Gasteiger partial charge on any atom is -0.486 e. The van der Waals surface area contributed by atoms with Crippen molar-refractivity contribution in [3.8, 4) is 33.6 Å². The zero-order valence-electron chi connectivity index (χ0n) is 50.6. The van der Waals surface area contributed by atoms with Gasteiger partial charge in [-0.2, -0.15) is 0 Å². The normalized spacial score (nSPS) is 16.9. The zero-order chi connectivity index (χ0) is 55.7. The molecule has 315 valence electrons. The molecule has 0 aliphatic heterocycles. The van der Waals surface area contributed by atoms with Crippen LogP contribution in [-0.4, -0.2) is 15.0 Å². The maximum atomic E-state index is 9.41. The summed E-state index contributed by atoms with van der Waals surface area (Å²) < 4.78 is 129. The van der Waals surface area contributed by atoms with Crippen LogP contribution in [0.4, 0.5) is 0 Å². The number of benzene rings is 4. The molecule has 0 saturated heterocycles. The molecule has 61 heavy (non-hydrogen) atoms. The van der Waals surface area contributed by atoms with Crippen molar-refractivity contribution in [1.29, 1.82) is 0 Å². The molecule has 0 unspecified atom stereocenters. The van der Waals surface area contributed by atoms with Gasteiger partial charge in [-0.3, -0.25) is 0 Å². The Morgan fingerprint density at radius 2 is 1.38 bits per heavy atom. The number of hydrogen-bond donors (Lipinski definition) is 0. The summed E-state index contributed by atoms with van der Waals surface area (Å²) in [6.45, 7) is 7.23.